The van der Waals surface area contributed by atoms with Gasteiger partial charge in [0.2, 0.25) is 0 Å². The fraction of sp³-hybridized carbons (Fsp3) is 0.167. The minimum Gasteiger partial charge on any atom is -0.319 e. The summed E-state index contributed by atoms with van der Waals surface area (Å²) in [4.78, 5) is 16.7. The van der Waals surface area contributed by atoms with Crippen molar-refractivity contribution in [3.8, 4) is 0 Å². The van der Waals surface area contributed by atoms with Gasteiger partial charge < -0.3 is 4.57 Å². The van der Waals surface area contributed by atoms with Crippen molar-refractivity contribution in [1.29, 1.82) is 0 Å². The first kappa shape index (κ1) is 16.4. The Bertz CT molecular complexity index is 930. The quantitative estimate of drug-likeness (QED) is 0.551. The van der Waals surface area contributed by atoms with Crippen LogP contribution in [0.4, 0.5) is 0 Å². The Morgan fingerprint density at radius 1 is 1.25 bits per heavy atom. The van der Waals surface area contributed by atoms with Crippen molar-refractivity contribution in [2.24, 2.45) is 5.10 Å². The van der Waals surface area contributed by atoms with E-state index in [1.165, 1.54) is 0 Å². The molecule has 3 rings (SSSR count). The van der Waals surface area contributed by atoms with E-state index in [9.17, 15) is 4.79 Å². The van der Waals surface area contributed by atoms with Gasteiger partial charge in [0, 0.05) is 4.47 Å². The van der Waals surface area contributed by atoms with Gasteiger partial charge in [-0.2, -0.15) is 5.10 Å². The first-order valence-corrected chi connectivity index (χ1v) is 8.35. The van der Waals surface area contributed by atoms with Crippen LogP contribution in [0.3, 0.4) is 0 Å². The first-order chi connectivity index (χ1) is 11.5. The Balaban J connectivity index is 1.73. The van der Waals surface area contributed by atoms with Crippen LogP contribution in [-0.2, 0) is 11.3 Å². The topological polar surface area (TPSA) is 59.3 Å². The zero-order valence-electron chi connectivity index (χ0n) is 13.5. The molecule has 0 saturated heterocycles. The molecule has 0 fully saturated rings. The summed E-state index contributed by atoms with van der Waals surface area (Å²) in [5.74, 6) is 0.620. The molecule has 0 radical (unpaired) electrons. The molecule has 0 bridgehead atoms. The van der Waals surface area contributed by atoms with E-state index >= 15 is 0 Å². The van der Waals surface area contributed by atoms with Gasteiger partial charge in [-0.1, -0.05) is 40.2 Å². The molecule has 1 N–H and O–H groups in total. The van der Waals surface area contributed by atoms with Crippen LogP contribution in [0, 0.1) is 6.92 Å². The number of nitrogens with one attached hydrogen (secondary N) is 1. The number of rotatable bonds is 4. The van der Waals surface area contributed by atoms with Crippen molar-refractivity contribution >= 4 is 38.6 Å². The first-order valence-electron chi connectivity index (χ1n) is 7.55. The van der Waals surface area contributed by atoms with Gasteiger partial charge in [-0.25, -0.2) is 10.4 Å². The number of amides is 1. The Morgan fingerprint density at radius 3 is 2.83 bits per heavy atom. The fourth-order valence-electron chi connectivity index (χ4n) is 2.50. The van der Waals surface area contributed by atoms with Gasteiger partial charge in [-0.05, 0) is 43.7 Å². The van der Waals surface area contributed by atoms with Gasteiger partial charge >= 0.3 is 0 Å². The predicted octanol–water partition coefficient (Wildman–Crippen LogP) is 3.65. The van der Waals surface area contributed by atoms with Crippen molar-refractivity contribution < 1.29 is 4.79 Å². The highest BCUT2D eigenvalue weighted by Gasteiger charge is 2.10. The second-order valence-electron chi connectivity index (χ2n) is 5.48. The van der Waals surface area contributed by atoms with Gasteiger partial charge in [0.15, 0.2) is 0 Å². The average molecular weight is 385 g/mol. The average Bonchev–Trinajstić information content (AvgIpc) is 2.88. The summed E-state index contributed by atoms with van der Waals surface area (Å²) in [5.41, 5.74) is 6.14. The minimum atomic E-state index is -0.185. The maximum Gasteiger partial charge on any atom is 0.260 e. The molecule has 5 nitrogen and oxygen atoms in total. The predicted molar refractivity (Wildman–Crippen MR) is 99.0 cm³/mol. The zero-order chi connectivity index (χ0) is 17.1. The van der Waals surface area contributed by atoms with Crippen molar-refractivity contribution in [3.05, 3.63) is 64.4 Å². The van der Waals surface area contributed by atoms with E-state index in [2.05, 4.69) is 31.4 Å². The lowest BCUT2D eigenvalue weighted by Gasteiger charge is -2.07. The summed E-state index contributed by atoms with van der Waals surface area (Å²) < 4.78 is 2.86. The molecule has 0 aliphatic heterocycles. The van der Waals surface area contributed by atoms with Crippen molar-refractivity contribution in [2.75, 3.05) is 0 Å². The SMILES string of the molecule is C/C(=N/NC(=O)Cn1c(C)nc2ccccc21)c1cccc(Br)c1. The van der Waals surface area contributed by atoms with E-state index in [-0.39, 0.29) is 12.5 Å². The summed E-state index contributed by atoms with van der Waals surface area (Å²) >= 11 is 3.43. The van der Waals surface area contributed by atoms with Crippen LogP contribution < -0.4 is 5.43 Å². The highest BCUT2D eigenvalue weighted by atomic mass is 79.9. The zero-order valence-corrected chi connectivity index (χ0v) is 15.0. The number of hydrogen-bond acceptors (Lipinski definition) is 3. The van der Waals surface area contributed by atoms with E-state index in [1.54, 1.807) is 0 Å². The molecular formula is C18H17BrN4O. The number of nitrogens with zero attached hydrogens (tertiary/aromatic N) is 3. The monoisotopic (exact) mass is 384 g/mol. The third kappa shape index (κ3) is 3.54. The lowest BCUT2D eigenvalue weighted by Crippen LogP contribution is -2.24. The number of halogens is 1. The minimum absolute atomic E-state index is 0.182. The Hall–Kier alpha value is -2.47. The van der Waals surface area contributed by atoms with E-state index in [1.807, 2.05) is 66.9 Å². The van der Waals surface area contributed by atoms with Gasteiger partial charge in [-0.3, -0.25) is 4.79 Å². The number of imidazole rings is 1. The van der Waals surface area contributed by atoms with Crippen molar-refractivity contribution in [1.82, 2.24) is 15.0 Å². The highest BCUT2D eigenvalue weighted by molar-refractivity contribution is 9.10. The van der Waals surface area contributed by atoms with Gasteiger partial charge in [0.1, 0.15) is 12.4 Å². The number of fused-ring (bicyclic) bond motifs is 1. The summed E-state index contributed by atoms with van der Waals surface area (Å²) in [5, 5.41) is 4.19. The normalized spacial score (nSPS) is 11.7. The van der Waals surface area contributed by atoms with E-state index in [0.29, 0.717) is 0 Å². The fourth-order valence-corrected chi connectivity index (χ4v) is 2.90. The molecule has 3 aromatic rings. The summed E-state index contributed by atoms with van der Waals surface area (Å²) in [7, 11) is 0. The molecule has 0 saturated carbocycles. The van der Waals surface area contributed by atoms with Crippen molar-refractivity contribution in [2.45, 2.75) is 20.4 Å². The molecule has 6 heteroatoms. The Kier molecular flexibility index (Phi) is 4.76. The van der Waals surface area contributed by atoms with Crippen LogP contribution in [-0.4, -0.2) is 21.2 Å². The van der Waals surface area contributed by atoms with Crippen LogP contribution in [0.1, 0.15) is 18.3 Å². The molecule has 1 heterocycles. The number of carbonyl (C=O) groups excluding carboxylic acids is 1. The molecule has 0 aliphatic rings. The van der Waals surface area contributed by atoms with Crippen LogP contribution in [0.15, 0.2) is 58.1 Å². The van der Waals surface area contributed by atoms with Crippen LogP contribution in [0.5, 0.6) is 0 Å². The molecule has 0 spiro atoms. The smallest absolute Gasteiger partial charge is 0.260 e. The number of aromatic nitrogens is 2. The van der Waals surface area contributed by atoms with Crippen LogP contribution >= 0.6 is 15.9 Å². The number of aryl methyl sites for hydroxylation is 1. The van der Waals surface area contributed by atoms with Crippen LogP contribution in [0.25, 0.3) is 11.0 Å². The summed E-state index contributed by atoms with van der Waals surface area (Å²) in [6, 6.07) is 15.6. The standard InChI is InChI=1S/C18H17BrN4O/c1-12(14-6-5-7-15(19)10-14)21-22-18(24)11-23-13(2)20-16-8-3-4-9-17(16)23/h3-10H,11H2,1-2H3,(H,22,24)/b21-12-. The molecule has 24 heavy (non-hydrogen) atoms. The number of benzene rings is 2. The lowest BCUT2D eigenvalue weighted by atomic mass is 10.1. The summed E-state index contributed by atoms with van der Waals surface area (Å²) in [6.07, 6.45) is 0. The van der Waals surface area contributed by atoms with E-state index in [4.69, 9.17) is 0 Å². The van der Waals surface area contributed by atoms with E-state index in [0.717, 1.165) is 32.6 Å². The number of para-hydroxylation sites is 2. The van der Waals surface area contributed by atoms with Gasteiger partial charge in [0.05, 0.1) is 16.7 Å². The van der Waals surface area contributed by atoms with Crippen LogP contribution in [0.2, 0.25) is 0 Å². The number of hydrogen-bond donors (Lipinski definition) is 1. The molecule has 1 amide bonds. The third-order valence-electron chi connectivity index (χ3n) is 3.74. The van der Waals surface area contributed by atoms with Gasteiger partial charge in [0.25, 0.3) is 5.91 Å². The highest BCUT2D eigenvalue weighted by Crippen LogP contribution is 2.15. The second-order valence-corrected chi connectivity index (χ2v) is 6.39. The maximum absolute atomic E-state index is 12.2. The lowest BCUT2D eigenvalue weighted by molar-refractivity contribution is -0.121. The van der Waals surface area contributed by atoms with E-state index < -0.39 is 0 Å². The maximum atomic E-state index is 12.2. The largest absolute Gasteiger partial charge is 0.319 e. The Morgan fingerprint density at radius 2 is 2.04 bits per heavy atom. The molecule has 0 atom stereocenters. The molecule has 2 aromatic carbocycles. The molecule has 122 valence electrons. The summed E-state index contributed by atoms with van der Waals surface area (Å²) in [6.45, 7) is 3.94. The van der Waals surface area contributed by atoms with Crippen molar-refractivity contribution in [3.63, 3.8) is 0 Å². The second kappa shape index (κ2) is 6.97. The molecule has 1 aromatic heterocycles. The molecule has 0 unspecified atom stereocenters. The number of hydrazone groups is 1. The Labute approximate surface area is 148 Å². The van der Waals surface area contributed by atoms with Gasteiger partial charge in [-0.15, -0.1) is 0 Å². The third-order valence-corrected chi connectivity index (χ3v) is 4.23. The molecule has 0 aliphatic carbocycles. The molecular weight excluding hydrogens is 368 g/mol. The number of carbonyl (C=O) groups is 1.